The number of imide groups is 2. The smallest absolute Gasteiger partial charge is 0.252 e. The van der Waals surface area contributed by atoms with Crippen molar-refractivity contribution in [2.75, 3.05) is 11.5 Å². The number of hydrogen-bond donors (Lipinski definition) is 2. The van der Waals surface area contributed by atoms with Crippen molar-refractivity contribution in [1.82, 2.24) is 29.4 Å². The van der Waals surface area contributed by atoms with Crippen LogP contribution >= 0.6 is 11.8 Å². The molecule has 184 valence electrons. The first-order valence-corrected chi connectivity index (χ1v) is 13.4. The summed E-state index contributed by atoms with van der Waals surface area (Å²) in [6.45, 7) is 0. The summed E-state index contributed by atoms with van der Waals surface area (Å²) in [4.78, 5) is 54.0. The number of carbonyl (C=O) groups excluding carboxylic acids is 4. The molecule has 2 atom stereocenters. The van der Waals surface area contributed by atoms with Gasteiger partial charge in [0.25, 0.3) is 5.91 Å². The Labute approximate surface area is 208 Å². The first-order valence-electron chi connectivity index (χ1n) is 10.6. The number of nitrogens with zero attached hydrogens (tertiary/aromatic N) is 4. The molecular formula is C22H18N6O6S2. The fraction of sp³-hybridized carbons (Fsp3) is 0.182. The van der Waals surface area contributed by atoms with Crippen molar-refractivity contribution in [2.24, 2.45) is 0 Å². The molecule has 2 aliphatic rings. The van der Waals surface area contributed by atoms with Crippen LogP contribution in [0.5, 0.6) is 0 Å². The van der Waals surface area contributed by atoms with Gasteiger partial charge in [-0.05, 0) is 24.3 Å². The molecule has 6 rings (SSSR count). The van der Waals surface area contributed by atoms with Gasteiger partial charge in [-0.2, -0.15) is 0 Å². The third-order valence-corrected chi connectivity index (χ3v) is 8.47. The molecule has 2 N–H and O–H groups in total. The lowest BCUT2D eigenvalue weighted by Crippen LogP contribution is -2.48. The van der Waals surface area contributed by atoms with Crippen molar-refractivity contribution in [3.63, 3.8) is 0 Å². The number of pyridine rings is 2. The minimum absolute atomic E-state index is 0.0978. The molecule has 0 aromatic carbocycles. The van der Waals surface area contributed by atoms with Crippen molar-refractivity contribution in [2.45, 2.75) is 10.5 Å². The van der Waals surface area contributed by atoms with E-state index in [0.717, 1.165) is 5.52 Å². The van der Waals surface area contributed by atoms with E-state index in [4.69, 9.17) is 0 Å². The molecule has 0 aliphatic carbocycles. The zero-order chi connectivity index (χ0) is 25.4. The molecular weight excluding hydrogens is 508 g/mol. The van der Waals surface area contributed by atoms with Gasteiger partial charge in [-0.15, -0.1) is 11.8 Å². The summed E-state index contributed by atoms with van der Waals surface area (Å²) in [6.07, 6.45) is 6.69. The predicted molar refractivity (Wildman–Crippen MR) is 128 cm³/mol. The summed E-state index contributed by atoms with van der Waals surface area (Å²) in [5.74, 6) is -1.84. The van der Waals surface area contributed by atoms with Gasteiger partial charge in [0, 0.05) is 12.4 Å². The predicted octanol–water partition coefficient (Wildman–Crippen LogP) is 0.212. The van der Waals surface area contributed by atoms with Crippen molar-refractivity contribution in [3.05, 3.63) is 72.8 Å². The molecule has 4 aromatic heterocycles. The Morgan fingerprint density at radius 3 is 2.00 bits per heavy atom. The summed E-state index contributed by atoms with van der Waals surface area (Å²) in [5, 5.41) is 2.49. The normalized spacial score (nSPS) is 21.6. The van der Waals surface area contributed by atoms with Crippen LogP contribution in [0.2, 0.25) is 0 Å². The van der Waals surface area contributed by atoms with Gasteiger partial charge in [-0.1, -0.05) is 12.1 Å². The highest BCUT2D eigenvalue weighted by atomic mass is 32.2. The van der Waals surface area contributed by atoms with E-state index in [1.54, 1.807) is 30.6 Å². The van der Waals surface area contributed by atoms with E-state index in [2.05, 4.69) is 15.3 Å². The molecule has 4 aromatic rings. The number of imidazole rings is 2. The quantitative estimate of drug-likeness (QED) is 0.348. The Morgan fingerprint density at radius 1 is 0.806 bits per heavy atom. The summed E-state index contributed by atoms with van der Waals surface area (Å²) < 4.78 is 27.4. The van der Waals surface area contributed by atoms with Gasteiger partial charge >= 0.3 is 0 Å². The second-order valence-corrected chi connectivity index (χ2v) is 11.1. The first-order chi connectivity index (χ1) is 17.2. The van der Waals surface area contributed by atoms with E-state index in [9.17, 15) is 27.6 Å². The molecule has 0 spiro atoms. The molecule has 6 heterocycles. The second-order valence-electron chi connectivity index (χ2n) is 7.93. The van der Waals surface area contributed by atoms with Crippen LogP contribution in [0.1, 0.15) is 22.1 Å². The van der Waals surface area contributed by atoms with Crippen molar-refractivity contribution < 1.29 is 27.6 Å². The van der Waals surface area contributed by atoms with Gasteiger partial charge in [0.05, 0.1) is 29.2 Å². The van der Waals surface area contributed by atoms with Crippen LogP contribution in [-0.4, -0.2) is 62.3 Å². The topological polar surface area (TPSA) is 161 Å². The Hall–Kier alpha value is -4.04. The van der Waals surface area contributed by atoms with Gasteiger partial charge in [0.2, 0.25) is 17.7 Å². The SMILES string of the molecule is O=C1CS(=O)(=O)C(c2ncc3ccccn23)C(=O)N1.O=C1CSC(c2ncc3ccccn23)C(=O)N1. The van der Waals surface area contributed by atoms with E-state index in [-0.39, 0.29) is 23.4 Å². The highest BCUT2D eigenvalue weighted by molar-refractivity contribution is 8.01. The fourth-order valence-corrected chi connectivity index (χ4v) is 6.34. The molecule has 2 aliphatic heterocycles. The maximum absolute atomic E-state index is 12.0. The molecule has 2 fully saturated rings. The van der Waals surface area contributed by atoms with E-state index in [1.807, 2.05) is 34.1 Å². The highest BCUT2D eigenvalue weighted by Gasteiger charge is 2.43. The van der Waals surface area contributed by atoms with Gasteiger partial charge in [-0.25, -0.2) is 18.4 Å². The zero-order valence-corrected chi connectivity index (χ0v) is 20.0. The second kappa shape index (κ2) is 9.20. The third kappa shape index (κ3) is 4.35. The van der Waals surface area contributed by atoms with Crippen LogP contribution in [-0.2, 0) is 29.0 Å². The number of fused-ring (bicyclic) bond motifs is 2. The average molecular weight is 527 g/mol. The Morgan fingerprint density at radius 2 is 1.39 bits per heavy atom. The lowest BCUT2D eigenvalue weighted by Gasteiger charge is -2.20. The number of rotatable bonds is 2. The number of amides is 4. The molecule has 14 heteroatoms. The van der Waals surface area contributed by atoms with Gasteiger partial charge < -0.3 is 8.80 Å². The van der Waals surface area contributed by atoms with E-state index < -0.39 is 37.9 Å². The van der Waals surface area contributed by atoms with Crippen LogP contribution in [0.4, 0.5) is 0 Å². The molecule has 0 radical (unpaired) electrons. The fourth-order valence-electron chi connectivity index (χ4n) is 3.93. The number of aromatic nitrogens is 4. The summed E-state index contributed by atoms with van der Waals surface area (Å²) in [7, 11) is -3.88. The maximum atomic E-state index is 12.0. The van der Waals surface area contributed by atoms with Crippen LogP contribution in [0.15, 0.2) is 61.2 Å². The number of nitrogens with one attached hydrogen (secondary N) is 2. The van der Waals surface area contributed by atoms with Crippen LogP contribution < -0.4 is 10.6 Å². The number of thioether (sulfide) groups is 1. The van der Waals surface area contributed by atoms with Gasteiger partial charge in [0.1, 0.15) is 22.7 Å². The Bertz CT molecular complexity index is 1640. The Balaban J connectivity index is 0.000000149. The number of carbonyl (C=O) groups is 4. The van der Waals surface area contributed by atoms with Gasteiger partial charge in [0.15, 0.2) is 15.1 Å². The largest absolute Gasteiger partial charge is 0.302 e. The van der Waals surface area contributed by atoms with Crippen molar-refractivity contribution in [1.29, 1.82) is 0 Å². The summed E-state index contributed by atoms with van der Waals surface area (Å²) >= 11 is 1.31. The van der Waals surface area contributed by atoms with Crippen LogP contribution in [0.3, 0.4) is 0 Å². The minimum Gasteiger partial charge on any atom is -0.302 e. The molecule has 0 bridgehead atoms. The van der Waals surface area contributed by atoms with Crippen LogP contribution in [0, 0.1) is 0 Å². The lowest BCUT2D eigenvalue weighted by atomic mass is 10.3. The van der Waals surface area contributed by atoms with Crippen molar-refractivity contribution in [3.8, 4) is 0 Å². The summed E-state index contributed by atoms with van der Waals surface area (Å²) in [5.41, 5.74) is 1.62. The molecule has 36 heavy (non-hydrogen) atoms. The molecule has 0 saturated carbocycles. The van der Waals surface area contributed by atoms with Crippen LogP contribution in [0.25, 0.3) is 11.0 Å². The minimum atomic E-state index is -3.88. The Kier molecular flexibility index (Phi) is 6.05. The summed E-state index contributed by atoms with van der Waals surface area (Å²) in [6, 6.07) is 11.0. The molecule has 4 amide bonds. The number of hydrogen-bond acceptors (Lipinski definition) is 9. The molecule has 2 saturated heterocycles. The standard InChI is InChI=1S/C11H9N3O4S.C11H9N3O2S/c15-8-6-19(17,18)9(11(16)13-8)10-12-5-7-3-1-2-4-14(7)10;15-8-6-17-9(11(16)13-8)10-12-5-7-3-1-2-4-14(7)10/h1-5,9H,6H2,(H,13,15,16);1-5,9H,6H2,(H,13,15,16). The lowest BCUT2D eigenvalue weighted by molar-refractivity contribution is -0.131. The molecule has 2 unspecified atom stereocenters. The number of sulfone groups is 1. The zero-order valence-electron chi connectivity index (χ0n) is 18.4. The van der Waals surface area contributed by atoms with E-state index in [1.165, 1.54) is 22.4 Å². The van der Waals surface area contributed by atoms with Gasteiger partial charge in [-0.3, -0.25) is 29.8 Å². The van der Waals surface area contributed by atoms with E-state index >= 15 is 0 Å². The first kappa shape index (κ1) is 23.7. The average Bonchev–Trinajstić information content (AvgIpc) is 3.43. The maximum Gasteiger partial charge on any atom is 0.252 e. The van der Waals surface area contributed by atoms with Crippen molar-refractivity contribution >= 4 is 56.3 Å². The molecule has 12 nitrogen and oxygen atoms in total. The van der Waals surface area contributed by atoms with E-state index in [0.29, 0.717) is 11.3 Å². The highest BCUT2D eigenvalue weighted by Crippen LogP contribution is 2.31. The monoisotopic (exact) mass is 526 g/mol. The third-order valence-electron chi connectivity index (χ3n) is 5.48.